The van der Waals surface area contributed by atoms with E-state index in [2.05, 4.69) is 11.9 Å². The molecular formula is C14H18N2O2. The smallest absolute Gasteiger partial charge is 0.169 e. The summed E-state index contributed by atoms with van der Waals surface area (Å²) in [5, 5.41) is 10.3. The average Bonchev–Trinajstić information content (AvgIpc) is 2.88. The average molecular weight is 246 g/mol. The Hall–Kier alpha value is -1.55. The summed E-state index contributed by atoms with van der Waals surface area (Å²) in [6.07, 6.45) is 3.98. The number of furan rings is 1. The molecule has 1 aliphatic rings. The Morgan fingerprint density at radius 2 is 2.33 bits per heavy atom. The van der Waals surface area contributed by atoms with Crippen LogP contribution in [0.1, 0.15) is 49.6 Å². The van der Waals surface area contributed by atoms with Crippen molar-refractivity contribution >= 4 is 0 Å². The number of imidazole rings is 1. The first-order chi connectivity index (χ1) is 8.70. The Morgan fingerprint density at radius 3 is 3.00 bits per heavy atom. The van der Waals surface area contributed by atoms with E-state index in [4.69, 9.17) is 4.42 Å². The van der Waals surface area contributed by atoms with Crippen molar-refractivity contribution in [2.24, 2.45) is 5.92 Å². The van der Waals surface area contributed by atoms with Crippen molar-refractivity contribution < 1.29 is 9.52 Å². The summed E-state index contributed by atoms with van der Waals surface area (Å²) in [4.78, 5) is 4.20. The van der Waals surface area contributed by atoms with E-state index in [0.29, 0.717) is 23.4 Å². The van der Waals surface area contributed by atoms with Crippen molar-refractivity contribution in [2.75, 3.05) is 0 Å². The molecule has 0 radical (unpaired) electrons. The molecular weight excluding hydrogens is 228 g/mol. The molecule has 0 saturated heterocycles. The number of nitrogens with zero attached hydrogens (tertiary/aromatic N) is 2. The number of hydrogen-bond donors (Lipinski definition) is 1. The molecule has 1 saturated carbocycles. The number of aliphatic hydroxyl groups is 1. The van der Waals surface area contributed by atoms with Gasteiger partial charge < -0.3 is 14.1 Å². The maximum Gasteiger partial charge on any atom is 0.169 e. The van der Waals surface area contributed by atoms with Crippen LogP contribution in [0.15, 0.2) is 28.9 Å². The normalized spacial score (nSPS) is 24.2. The minimum Gasteiger partial charge on any atom is -0.463 e. The zero-order chi connectivity index (χ0) is 12.7. The van der Waals surface area contributed by atoms with Gasteiger partial charge in [0.15, 0.2) is 6.10 Å². The van der Waals surface area contributed by atoms with Gasteiger partial charge in [0.05, 0.1) is 0 Å². The molecule has 96 valence electrons. The summed E-state index contributed by atoms with van der Waals surface area (Å²) >= 11 is 0. The number of aliphatic hydroxyl groups excluding tert-OH is 1. The largest absolute Gasteiger partial charge is 0.463 e. The third-order valence-corrected chi connectivity index (χ3v) is 3.72. The van der Waals surface area contributed by atoms with Crippen molar-refractivity contribution in [2.45, 2.75) is 38.8 Å². The standard InChI is InChI=1S/C14H18N2O2/c1-3-16-7-6-15-14(16)13(17)12-5-4-11(18-12)10-8-9(10)2/h4-7,9-10,13,17H,3,8H2,1-2H3. The Kier molecular flexibility index (Phi) is 2.74. The first-order valence-electron chi connectivity index (χ1n) is 6.49. The third-order valence-electron chi connectivity index (χ3n) is 3.72. The summed E-state index contributed by atoms with van der Waals surface area (Å²) in [7, 11) is 0. The van der Waals surface area contributed by atoms with Crippen LogP contribution in [-0.2, 0) is 6.54 Å². The zero-order valence-corrected chi connectivity index (χ0v) is 10.7. The maximum absolute atomic E-state index is 10.3. The van der Waals surface area contributed by atoms with Gasteiger partial charge in [0.2, 0.25) is 0 Å². The topological polar surface area (TPSA) is 51.2 Å². The van der Waals surface area contributed by atoms with Crippen LogP contribution in [0, 0.1) is 5.92 Å². The molecule has 0 aliphatic heterocycles. The number of aromatic nitrogens is 2. The fourth-order valence-corrected chi connectivity index (χ4v) is 2.40. The lowest BCUT2D eigenvalue weighted by atomic mass is 10.2. The molecule has 3 rings (SSSR count). The second-order valence-corrected chi connectivity index (χ2v) is 5.03. The van der Waals surface area contributed by atoms with Crippen molar-refractivity contribution in [3.05, 3.63) is 41.9 Å². The van der Waals surface area contributed by atoms with Crippen LogP contribution in [0.25, 0.3) is 0 Å². The molecule has 3 unspecified atom stereocenters. The van der Waals surface area contributed by atoms with Crippen LogP contribution in [-0.4, -0.2) is 14.7 Å². The van der Waals surface area contributed by atoms with Gasteiger partial charge in [-0.15, -0.1) is 0 Å². The van der Waals surface area contributed by atoms with Gasteiger partial charge in [0, 0.05) is 24.9 Å². The number of aryl methyl sites for hydroxylation is 1. The molecule has 1 fully saturated rings. The van der Waals surface area contributed by atoms with Crippen molar-refractivity contribution in [1.29, 1.82) is 0 Å². The molecule has 18 heavy (non-hydrogen) atoms. The maximum atomic E-state index is 10.3. The number of rotatable bonds is 4. The third kappa shape index (κ3) is 1.86. The van der Waals surface area contributed by atoms with Crippen LogP contribution < -0.4 is 0 Å². The second-order valence-electron chi connectivity index (χ2n) is 5.03. The molecule has 0 bridgehead atoms. The van der Waals surface area contributed by atoms with Crippen molar-refractivity contribution in [1.82, 2.24) is 9.55 Å². The lowest BCUT2D eigenvalue weighted by molar-refractivity contribution is 0.173. The summed E-state index contributed by atoms with van der Waals surface area (Å²) < 4.78 is 7.68. The Bertz CT molecular complexity index is 543. The second kappa shape index (κ2) is 4.28. The van der Waals surface area contributed by atoms with Gasteiger partial charge in [0.1, 0.15) is 17.3 Å². The monoisotopic (exact) mass is 246 g/mol. The van der Waals surface area contributed by atoms with E-state index in [-0.39, 0.29) is 0 Å². The molecule has 4 heteroatoms. The van der Waals surface area contributed by atoms with Gasteiger partial charge in [-0.2, -0.15) is 0 Å². The highest BCUT2D eigenvalue weighted by molar-refractivity contribution is 5.21. The van der Waals surface area contributed by atoms with E-state index in [1.165, 1.54) is 6.42 Å². The fourth-order valence-electron chi connectivity index (χ4n) is 2.40. The predicted octanol–water partition coefficient (Wildman–Crippen LogP) is 2.70. The number of hydrogen-bond acceptors (Lipinski definition) is 3. The van der Waals surface area contributed by atoms with Crippen molar-refractivity contribution in [3.8, 4) is 0 Å². The Morgan fingerprint density at radius 1 is 1.56 bits per heavy atom. The Balaban J connectivity index is 1.84. The highest BCUT2D eigenvalue weighted by Crippen LogP contribution is 2.47. The van der Waals surface area contributed by atoms with E-state index in [0.717, 1.165) is 12.3 Å². The van der Waals surface area contributed by atoms with Gasteiger partial charge in [-0.05, 0) is 31.4 Å². The minimum atomic E-state index is -0.775. The van der Waals surface area contributed by atoms with Crippen LogP contribution in [0.3, 0.4) is 0 Å². The van der Waals surface area contributed by atoms with Crippen LogP contribution in [0.5, 0.6) is 0 Å². The molecule has 1 N–H and O–H groups in total. The molecule has 0 aromatic carbocycles. The van der Waals surface area contributed by atoms with Crippen LogP contribution in [0.2, 0.25) is 0 Å². The first-order valence-corrected chi connectivity index (χ1v) is 6.49. The zero-order valence-electron chi connectivity index (χ0n) is 10.7. The molecule has 4 nitrogen and oxygen atoms in total. The summed E-state index contributed by atoms with van der Waals surface area (Å²) in [5.74, 6) is 3.47. The quantitative estimate of drug-likeness (QED) is 0.902. The molecule has 2 aromatic heterocycles. The van der Waals surface area contributed by atoms with Gasteiger partial charge in [-0.3, -0.25) is 0 Å². The first kappa shape index (κ1) is 11.5. The van der Waals surface area contributed by atoms with E-state index >= 15 is 0 Å². The molecule has 0 spiro atoms. The van der Waals surface area contributed by atoms with Gasteiger partial charge in [-0.1, -0.05) is 6.92 Å². The Labute approximate surface area is 106 Å². The molecule has 2 aromatic rings. The summed E-state index contributed by atoms with van der Waals surface area (Å²) in [6, 6.07) is 3.84. The minimum absolute atomic E-state index is 0.539. The molecule has 2 heterocycles. The highest BCUT2D eigenvalue weighted by atomic mass is 16.4. The van der Waals surface area contributed by atoms with Gasteiger partial charge >= 0.3 is 0 Å². The lowest BCUT2D eigenvalue weighted by Gasteiger charge is -2.09. The predicted molar refractivity (Wildman–Crippen MR) is 67.2 cm³/mol. The molecule has 1 aliphatic carbocycles. The lowest BCUT2D eigenvalue weighted by Crippen LogP contribution is -2.08. The van der Waals surface area contributed by atoms with E-state index < -0.39 is 6.10 Å². The highest BCUT2D eigenvalue weighted by Gasteiger charge is 2.37. The van der Waals surface area contributed by atoms with E-state index in [1.807, 2.05) is 29.8 Å². The van der Waals surface area contributed by atoms with Gasteiger partial charge in [-0.25, -0.2) is 4.98 Å². The van der Waals surface area contributed by atoms with E-state index in [9.17, 15) is 5.11 Å². The van der Waals surface area contributed by atoms with Gasteiger partial charge in [0.25, 0.3) is 0 Å². The fraction of sp³-hybridized carbons (Fsp3) is 0.500. The SMILES string of the molecule is CCn1ccnc1C(O)c1ccc(C2CC2C)o1. The van der Waals surface area contributed by atoms with Crippen LogP contribution >= 0.6 is 0 Å². The molecule has 0 amide bonds. The summed E-state index contributed by atoms with van der Waals surface area (Å²) in [6.45, 7) is 5.03. The molecule has 3 atom stereocenters. The van der Waals surface area contributed by atoms with E-state index in [1.54, 1.807) is 6.20 Å². The van der Waals surface area contributed by atoms with Crippen LogP contribution in [0.4, 0.5) is 0 Å². The summed E-state index contributed by atoms with van der Waals surface area (Å²) in [5.41, 5.74) is 0. The van der Waals surface area contributed by atoms with Crippen molar-refractivity contribution in [3.63, 3.8) is 0 Å².